The first-order valence-corrected chi connectivity index (χ1v) is 6.57. The van der Waals surface area contributed by atoms with E-state index in [1.54, 1.807) is 6.07 Å². The lowest BCUT2D eigenvalue weighted by Gasteiger charge is -2.18. The Morgan fingerprint density at radius 3 is 2.67 bits per heavy atom. The van der Waals surface area contributed by atoms with E-state index in [4.69, 9.17) is 5.73 Å². The van der Waals surface area contributed by atoms with Crippen LogP contribution in [0.2, 0.25) is 0 Å². The number of anilines is 1. The maximum absolute atomic E-state index is 12.1. The third-order valence-electron chi connectivity index (χ3n) is 2.78. The van der Waals surface area contributed by atoms with Gasteiger partial charge in [-0.25, -0.2) is 0 Å². The Balaban J connectivity index is 2.61. The Morgan fingerprint density at radius 2 is 2.11 bits per heavy atom. The number of hydrogen-bond acceptors (Lipinski definition) is 2. The number of nitrogen functional groups attached to an aromatic ring is 1. The quantitative estimate of drug-likeness (QED) is 0.845. The second-order valence-corrected chi connectivity index (χ2v) is 5.92. The zero-order valence-corrected chi connectivity index (χ0v) is 11.9. The van der Waals surface area contributed by atoms with Gasteiger partial charge in [-0.05, 0) is 24.3 Å². The summed E-state index contributed by atoms with van der Waals surface area (Å²) in [5, 5.41) is 2.95. The van der Waals surface area contributed by atoms with Crippen molar-refractivity contribution in [3.63, 3.8) is 0 Å². The summed E-state index contributed by atoms with van der Waals surface area (Å²) < 4.78 is 1.92. The lowest BCUT2D eigenvalue weighted by atomic mass is 9.92. The highest BCUT2D eigenvalue weighted by atomic mass is 16.1. The Labute approximate surface area is 110 Å². The molecule has 3 N–H and O–H groups in total. The first-order chi connectivity index (χ1) is 8.33. The highest BCUT2D eigenvalue weighted by molar-refractivity contribution is 5.93. The lowest BCUT2D eigenvalue weighted by Crippen LogP contribution is -2.29. The summed E-state index contributed by atoms with van der Waals surface area (Å²) in [6, 6.07) is 1.74. The van der Waals surface area contributed by atoms with E-state index in [-0.39, 0.29) is 11.3 Å². The first-order valence-electron chi connectivity index (χ1n) is 6.57. The van der Waals surface area contributed by atoms with E-state index in [0.29, 0.717) is 17.9 Å². The molecule has 0 unspecified atom stereocenters. The summed E-state index contributed by atoms with van der Waals surface area (Å²) >= 11 is 0. The topological polar surface area (TPSA) is 60.0 Å². The van der Waals surface area contributed by atoms with Crippen LogP contribution in [0.1, 0.15) is 51.0 Å². The van der Waals surface area contributed by atoms with Gasteiger partial charge < -0.3 is 15.6 Å². The Kier molecular flexibility index (Phi) is 4.82. The van der Waals surface area contributed by atoms with Crippen molar-refractivity contribution in [2.45, 2.75) is 47.1 Å². The lowest BCUT2D eigenvalue weighted by molar-refractivity contribution is 0.0940. The van der Waals surface area contributed by atoms with Crippen LogP contribution < -0.4 is 11.1 Å². The number of nitrogens with one attached hydrogen (secondary N) is 1. The van der Waals surface area contributed by atoms with E-state index in [0.717, 1.165) is 19.4 Å². The van der Waals surface area contributed by atoms with Crippen molar-refractivity contribution in [2.75, 3.05) is 12.3 Å². The molecule has 1 aromatic rings. The molecule has 1 aromatic heterocycles. The average Bonchev–Trinajstić information content (AvgIpc) is 2.58. The monoisotopic (exact) mass is 251 g/mol. The Bertz CT molecular complexity index is 402. The minimum absolute atomic E-state index is 0.0376. The van der Waals surface area contributed by atoms with Gasteiger partial charge in [0.15, 0.2) is 0 Å². The molecule has 0 spiro atoms. The number of amides is 1. The fraction of sp³-hybridized carbons (Fsp3) is 0.643. The zero-order chi connectivity index (χ0) is 13.8. The van der Waals surface area contributed by atoms with Gasteiger partial charge in [0.2, 0.25) is 0 Å². The third-order valence-corrected chi connectivity index (χ3v) is 2.78. The van der Waals surface area contributed by atoms with Crippen molar-refractivity contribution in [1.82, 2.24) is 9.88 Å². The molecule has 1 rings (SSSR count). The largest absolute Gasteiger partial charge is 0.397 e. The minimum Gasteiger partial charge on any atom is -0.397 e. The summed E-state index contributed by atoms with van der Waals surface area (Å²) in [5.74, 6) is -0.0376. The standard InChI is InChI=1S/C14H25N3O/c1-5-8-17-10-11(15)9-12(17)13(18)16-7-6-14(2,3)4/h9-10H,5-8,15H2,1-4H3,(H,16,18). The molecule has 0 fully saturated rings. The number of carbonyl (C=O) groups excluding carboxylic acids is 1. The number of nitrogens with zero attached hydrogens (tertiary/aromatic N) is 1. The summed E-state index contributed by atoms with van der Waals surface area (Å²) in [7, 11) is 0. The highest BCUT2D eigenvalue weighted by Gasteiger charge is 2.14. The molecule has 0 saturated carbocycles. The molecule has 1 amide bonds. The van der Waals surface area contributed by atoms with E-state index in [2.05, 4.69) is 33.0 Å². The van der Waals surface area contributed by atoms with E-state index >= 15 is 0 Å². The highest BCUT2D eigenvalue weighted by Crippen LogP contribution is 2.17. The van der Waals surface area contributed by atoms with Crippen LogP contribution in [0.3, 0.4) is 0 Å². The fourth-order valence-electron chi connectivity index (χ4n) is 1.79. The smallest absolute Gasteiger partial charge is 0.267 e. The molecule has 1 heterocycles. The Hall–Kier alpha value is -1.45. The van der Waals surface area contributed by atoms with E-state index in [1.807, 2.05) is 10.8 Å². The second kappa shape index (κ2) is 5.94. The minimum atomic E-state index is -0.0376. The maximum atomic E-state index is 12.1. The van der Waals surface area contributed by atoms with Crippen molar-refractivity contribution >= 4 is 11.6 Å². The van der Waals surface area contributed by atoms with Crippen molar-refractivity contribution in [3.05, 3.63) is 18.0 Å². The van der Waals surface area contributed by atoms with Crippen molar-refractivity contribution in [2.24, 2.45) is 5.41 Å². The molecular formula is C14H25N3O. The van der Waals surface area contributed by atoms with Crippen molar-refractivity contribution in [3.8, 4) is 0 Å². The van der Waals surface area contributed by atoms with Gasteiger partial charge in [-0.3, -0.25) is 4.79 Å². The van der Waals surface area contributed by atoms with Gasteiger partial charge in [-0.1, -0.05) is 27.7 Å². The normalized spacial score (nSPS) is 11.6. The van der Waals surface area contributed by atoms with Crippen LogP contribution in [-0.2, 0) is 6.54 Å². The predicted octanol–water partition coefficient (Wildman–Crippen LogP) is 2.65. The van der Waals surface area contributed by atoms with Crippen LogP contribution >= 0.6 is 0 Å². The van der Waals surface area contributed by atoms with Crippen LogP contribution in [0, 0.1) is 5.41 Å². The van der Waals surface area contributed by atoms with Crippen molar-refractivity contribution in [1.29, 1.82) is 0 Å². The SMILES string of the molecule is CCCn1cc(N)cc1C(=O)NCCC(C)(C)C. The van der Waals surface area contributed by atoms with Crippen molar-refractivity contribution < 1.29 is 4.79 Å². The molecule has 0 radical (unpaired) electrons. The molecule has 0 aliphatic carbocycles. The first kappa shape index (κ1) is 14.6. The summed E-state index contributed by atoms with van der Waals surface area (Å²) in [5.41, 5.74) is 7.28. The van der Waals surface area contributed by atoms with Crippen LogP contribution in [0.5, 0.6) is 0 Å². The van der Waals surface area contributed by atoms with Crippen LogP contribution in [-0.4, -0.2) is 17.0 Å². The van der Waals surface area contributed by atoms with Gasteiger partial charge in [-0.15, -0.1) is 0 Å². The van der Waals surface area contributed by atoms with Crippen LogP contribution in [0.25, 0.3) is 0 Å². The summed E-state index contributed by atoms with van der Waals surface area (Å²) in [6.45, 7) is 10.1. The molecule has 0 aliphatic rings. The number of nitrogens with two attached hydrogens (primary N) is 1. The molecule has 4 heteroatoms. The van der Waals surface area contributed by atoms with Crippen LogP contribution in [0.15, 0.2) is 12.3 Å². The fourth-order valence-corrected chi connectivity index (χ4v) is 1.79. The van der Waals surface area contributed by atoms with Gasteiger partial charge in [0.1, 0.15) is 5.69 Å². The molecular weight excluding hydrogens is 226 g/mol. The van der Waals surface area contributed by atoms with Gasteiger partial charge in [0.05, 0.1) is 5.69 Å². The summed E-state index contributed by atoms with van der Waals surface area (Å²) in [6.07, 6.45) is 3.77. The predicted molar refractivity (Wildman–Crippen MR) is 75.5 cm³/mol. The molecule has 0 aliphatic heterocycles. The van der Waals surface area contributed by atoms with Gasteiger partial charge >= 0.3 is 0 Å². The number of hydrogen-bond donors (Lipinski definition) is 2. The zero-order valence-electron chi connectivity index (χ0n) is 11.9. The Morgan fingerprint density at radius 1 is 1.44 bits per heavy atom. The number of aryl methyl sites for hydroxylation is 1. The molecule has 4 nitrogen and oxygen atoms in total. The van der Waals surface area contributed by atoms with E-state index in [9.17, 15) is 4.79 Å². The molecule has 0 saturated heterocycles. The van der Waals surface area contributed by atoms with E-state index < -0.39 is 0 Å². The van der Waals surface area contributed by atoms with Crippen LogP contribution in [0.4, 0.5) is 5.69 Å². The molecule has 0 bridgehead atoms. The van der Waals surface area contributed by atoms with Gasteiger partial charge in [0.25, 0.3) is 5.91 Å². The van der Waals surface area contributed by atoms with Gasteiger partial charge in [-0.2, -0.15) is 0 Å². The number of rotatable bonds is 5. The summed E-state index contributed by atoms with van der Waals surface area (Å²) in [4.78, 5) is 12.1. The average molecular weight is 251 g/mol. The van der Waals surface area contributed by atoms with E-state index in [1.165, 1.54) is 0 Å². The van der Waals surface area contributed by atoms with Gasteiger partial charge in [0, 0.05) is 19.3 Å². The molecule has 18 heavy (non-hydrogen) atoms. The molecule has 0 aromatic carbocycles. The third kappa shape index (κ3) is 4.43. The maximum Gasteiger partial charge on any atom is 0.267 e. The number of carbonyl (C=O) groups is 1. The second-order valence-electron chi connectivity index (χ2n) is 5.92. The molecule has 102 valence electrons. The molecule has 0 atom stereocenters. The number of aromatic nitrogens is 1.